The van der Waals surface area contributed by atoms with Crippen molar-refractivity contribution in [1.82, 2.24) is 10.2 Å². The summed E-state index contributed by atoms with van der Waals surface area (Å²) in [5.41, 5.74) is 2.59. The van der Waals surface area contributed by atoms with Gasteiger partial charge >= 0.3 is 0 Å². The summed E-state index contributed by atoms with van der Waals surface area (Å²) in [5.74, 6) is 0. The first-order valence-corrected chi connectivity index (χ1v) is 8.19. The molecule has 0 bridgehead atoms. The Morgan fingerprint density at radius 3 is 2.67 bits per heavy atom. The fourth-order valence-electron chi connectivity index (χ4n) is 1.96. The quantitative estimate of drug-likeness (QED) is 0.721. The zero-order chi connectivity index (χ0) is 14.9. The van der Waals surface area contributed by atoms with Crippen LogP contribution >= 0.6 is 11.3 Å². The summed E-state index contributed by atoms with van der Waals surface area (Å²) in [6.07, 6.45) is 0. The minimum atomic E-state index is 0.769. The number of rotatable bonds is 9. The summed E-state index contributed by atoms with van der Waals surface area (Å²) in [7, 11) is 4.12. The van der Waals surface area contributed by atoms with E-state index < -0.39 is 0 Å². The summed E-state index contributed by atoms with van der Waals surface area (Å²) in [5, 5.41) is 5.65. The molecule has 0 saturated carbocycles. The van der Waals surface area contributed by atoms with Crippen LogP contribution in [0.5, 0.6) is 0 Å². The normalized spacial score (nSPS) is 11.2. The lowest BCUT2D eigenvalue weighted by Crippen LogP contribution is -2.22. The second-order valence-electron chi connectivity index (χ2n) is 5.26. The number of likely N-dealkylation sites (N-methyl/N-ethyl adjacent to an activating group) is 1. The van der Waals surface area contributed by atoms with Crippen LogP contribution in [0, 0.1) is 0 Å². The van der Waals surface area contributed by atoms with Crippen LogP contribution in [0.3, 0.4) is 0 Å². The zero-order valence-electron chi connectivity index (χ0n) is 12.8. The Labute approximate surface area is 131 Å². The molecule has 1 aromatic heterocycles. The smallest absolute Gasteiger partial charge is 0.0593 e. The minimum Gasteiger partial charge on any atom is -0.379 e. The van der Waals surface area contributed by atoms with Crippen LogP contribution in [0.4, 0.5) is 0 Å². The van der Waals surface area contributed by atoms with Gasteiger partial charge in [-0.15, -0.1) is 11.3 Å². The van der Waals surface area contributed by atoms with Crippen LogP contribution in [0.1, 0.15) is 4.88 Å². The number of hydrogen-bond donors (Lipinski definition) is 1. The number of nitrogens with one attached hydrogen (secondary N) is 1. The molecule has 2 aromatic rings. The molecule has 4 heteroatoms. The third-order valence-corrected chi connectivity index (χ3v) is 4.10. The first-order valence-electron chi connectivity index (χ1n) is 7.32. The first kappa shape index (κ1) is 16.2. The van der Waals surface area contributed by atoms with Crippen LogP contribution in [-0.4, -0.2) is 45.3 Å². The highest BCUT2D eigenvalue weighted by Gasteiger charge is 2.01. The zero-order valence-corrected chi connectivity index (χ0v) is 13.7. The third kappa shape index (κ3) is 5.98. The van der Waals surface area contributed by atoms with Gasteiger partial charge in [0.05, 0.1) is 13.2 Å². The molecule has 0 aliphatic heterocycles. The summed E-state index contributed by atoms with van der Waals surface area (Å²) >= 11 is 1.81. The van der Waals surface area contributed by atoms with E-state index in [1.807, 2.05) is 0 Å². The van der Waals surface area contributed by atoms with E-state index in [-0.39, 0.29) is 0 Å². The molecule has 0 unspecified atom stereocenters. The molecule has 21 heavy (non-hydrogen) atoms. The number of hydrogen-bond acceptors (Lipinski definition) is 4. The molecule has 0 atom stereocenters. The van der Waals surface area contributed by atoms with Crippen LogP contribution in [0.25, 0.3) is 11.1 Å². The molecule has 0 fully saturated rings. The van der Waals surface area contributed by atoms with E-state index in [0.29, 0.717) is 0 Å². The highest BCUT2D eigenvalue weighted by molar-refractivity contribution is 7.10. The van der Waals surface area contributed by atoms with E-state index in [1.54, 1.807) is 11.3 Å². The Morgan fingerprint density at radius 1 is 1.10 bits per heavy atom. The molecule has 0 aliphatic rings. The van der Waals surface area contributed by atoms with E-state index in [2.05, 4.69) is 66.1 Å². The second kappa shape index (κ2) is 8.95. The number of nitrogens with zero attached hydrogens (tertiary/aromatic N) is 1. The van der Waals surface area contributed by atoms with Crippen LogP contribution in [0.15, 0.2) is 41.8 Å². The van der Waals surface area contributed by atoms with Crippen molar-refractivity contribution in [2.45, 2.75) is 6.54 Å². The predicted octanol–water partition coefficient (Wildman–Crippen LogP) is 3.08. The molecule has 1 heterocycles. The lowest BCUT2D eigenvalue weighted by atomic mass is 10.1. The molecular formula is C17H24N2OS. The summed E-state index contributed by atoms with van der Waals surface area (Å²) in [6, 6.07) is 12.8. The fourth-order valence-corrected chi connectivity index (χ4v) is 2.82. The van der Waals surface area contributed by atoms with Gasteiger partial charge in [0, 0.05) is 24.5 Å². The monoisotopic (exact) mass is 304 g/mol. The highest BCUT2D eigenvalue weighted by atomic mass is 32.1. The largest absolute Gasteiger partial charge is 0.379 e. The fraction of sp³-hybridized carbons (Fsp3) is 0.412. The highest BCUT2D eigenvalue weighted by Crippen LogP contribution is 2.25. The van der Waals surface area contributed by atoms with Crippen molar-refractivity contribution in [3.8, 4) is 11.1 Å². The SMILES string of the molecule is CN(C)CCOCCNCc1cc(-c2ccccc2)cs1. The van der Waals surface area contributed by atoms with Crippen molar-refractivity contribution < 1.29 is 4.74 Å². The van der Waals surface area contributed by atoms with Gasteiger partial charge in [-0.2, -0.15) is 0 Å². The minimum absolute atomic E-state index is 0.769. The summed E-state index contributed by atoms with van der Waals surface area (Å²) < 4.78 is 5.56. The molecule has 0 amide bonds. The van der Waals surface area contributed by atoms with Crippen LogP contribution in [0.2, 0.25) is 0 Å². The molecule has 3 nitrogen and oxygen atoms in total. The molecule has 0 radical (unpaired) electrons. The molecule has 0 spiro atoms. The molecule has 114 valence electrons. The average Bonchev–Trinajstić information content (AvgIpc) is 2.96. The van der Waals surface area contributed by atoms with Gasteiger partial charge in [-0.25, -0.2) is 0 Å². The van der Waals surface area contributed by atoms with Crippen molar-refractivity contribution in [2.75, 3.05) is 40.4 Å². The Kier molecular flexibility index (Phi) is 6.89. The lowest BCUT2D eigenvalue weighted by molar-refractivity contribution is 0.119. The van der Waals surface area contributed by atoms with Gasteiger partial charge in [-0.05, 0) is 36.7 Å². The Morgan fingerprint density at radius 2 is 1.90 bits per heavy atom. The van der Waals surface area contributed by atoms with Crippen molar-refractivity contribution >= 4 is 11.3 Å². The van der Waals surface area contributed by atoms with E-state index in [4.69, 9.17) is 4.74 Å². The number of benzene rings is 1. The van der Waals surface area contributed by atoms with Crippen molar-refractivity contribution in [1.29, 1.82) is 0 Å². The topological polar surface area (TPSA) is 24.5 Å². The maximum absolute atomic E-state index is 5.56. The Hall–Kier alpha value is -1.20. The van der Waals surface area contributed by atoms with Gasteiger partial charge in [-0.1, -0.05) is 30.3 Å². The molecule has 1 N–H and O–H groups in total. The third-order valence-electron chi connectivity index (χ3n) is 3.17. The van der Waals surface area contributed by atoms with E-state index in [1.165, 1.54) is 16.0 Å². The average molecular weight is 304 g/mol. The van der Waals surface area contributed by atoms with Crippen molar-refractivity contribution in [3.05, 3.63) is 46.7 Å². The van der Waals surface area contributed by atoms with Crippen molar-refractivity contribution in [3.63, 3.8) is 0 Å². The number of thiophene rings is 1. The van der Waals surface area contributed by atoms with Crippen LogP contribution in [-0.2, 0) is 11.3 Å². The second-order valence-corrected chi connectivity index (χ2v) is 6.26. The van der Waals surface area contributed by atoms with Gasteiger partial charge in [0.1, 0.15) is 0 Å². The first-order chi connectivity index (χ1) is 10.3. The summed E-state index contributed by atoms with van der Waals surface area (Å²) in [4.78, 5) is 3.49. The maximum Gasteiger partial charge on any atom is 0.0593 e. The van der Waals surface area contributed by atoms with Gasteiger partial charge in [-0.3, -0.25) is 0 Å². The lowest BCUT2D eigenvalue weighted by Gasteiger charge is -2.09. The standard InChI is InChI=1S/C17H24N2OS/c1-19(2)9-11-20-10-8-18-13-17-12-16(14-21-17)15-6-4-3-5-7-15/h3-7,12,14,18H,8-11,13H2,1-2H3. The van der Waals surface area contributed by atoms with Gasteiger partial charge in [0.15, 0.2) is 0 Å². The Bertz CT molecular complexity index is 511. The molecule has 2 rings (SSSR count). The van der Waals surface area contributed by atoms with Gasteiger partial charge in [0.25, 0.3) is 0 Å². The van der Waals surface area contributed by atoms with E-state index >= 15 is 0 Å². The van der Waals surface area contributed by atoms with Gasteiger partial charge in [0.2, 0.25) is 0 Å². The number of ether oxygens (including phenoxy) is 1. The van der Waals surface area contributed by atoms with Gasteiger partial charge < -0.3 is 15.0 Å². The molecule has 0 saturated heterocycles. The van der Waals surface area contributed by atoms with E-state index in [0.717, 1.165) is 32.8 Å². The van der Waals surface area contributed by atoms with Crippen LogP contribution < -0.4 is 5.32 Å². The molecule has 1 aromatic carbocycles. The Balaban J connectivity index is 1.65. The van der Waals surface area contributed by atoms with Crippen molar-refractivity contribution in [2.24, 2.45) is 0 Å². The van der Waals surface area contributed by atoms with E-state index in [9.17, 15) is 0 Å². The summed E-state index contributed by atoms with van der Waals surface area (Å²) in [6.45, 7) is 4.35. The molecular weight excluding hydrogens is 280 g/mol. The predicted molar refractivity (Wildman–Crippen MR) is 90.8 cm³/mol. The maximum atomic E-state index is 5.56. The molecule has 0 aliphatic carbocycles.